The summed E-state index contributed by atoms with van der Waals surface area (Å²) in [5.41, 5.74) is -0.112. The molecule has 1 aromatic heterocycles. The molecule has 2 N–H and O–H groups in total. The number of carbonyl (C=O) groups excluding carboxylic acids is 1. The van der Waals surface area contributed by atoms with Crippen LogP contribution >= 0.6 is 0 Å². The van der Waals surface area contributed by atoms with Crippen molar-refractivity contribution >= 4 is 11.5 Å². The molecule has 1 saturated carbocycles. The van der Waals surface area contributed by atoms with Gasteiger partial charge in [-0.3, -0.25) is 19.2 Å². The van der Waals surface area contributed by atoms with Crippen molar-refractivity contribution in [3.8, 4) is 0 Å². The van der Waals surface area contributed by atoms with Crippen LogP contribution in [0.3, 0.4) is 0 Å². The predicted octanol–water partition coefficient (Wildman–Crippen LogP) is 3.30. The third-order valence-corrected chi connectivity index (χ3v) is 11.6. The van der Waals surface area contributed by atoms with E-state index in [1.807, 2.05) is 16.7 Å². The molecule has 4 aliphatic heterocycles. The zero-order chi connectivity index (χ0) is 34.9. The van der Waals surface area contributed by atoms with Gasteiger partial charge in [0.1, 0.15) is 5.82 Å². The molecule has 49 heavy (non-hydrogen) atoms. The lowest BCUT2D eigenvalue weighted by molar-refractivity contribution is -0.135. The highest BCUT2D eigenvalue weighted by atomic mass is 19.3. The molecule has 0 bridgehead atoms. The molecule has 1 amide bonds. The standard InChI is InChI=1S/C36H50F3N7O3/c1-23-17-42(28(16-40-23)18-43-22-36(38,39)13-10-24(43)2)19-30(47)44-21-35(11-5-12-35)31-29(44)15-26(14-25-6-8-27(37)9-7-25)32-41-45(20-34(3,4)49)33(48)46(31)32/h6-9,15,23-24,28-29,31,40,49H,5,10-14,16-22H2,1-4H3/t23-,24-,28-,29?,31?/m1/s1. The second kappa shape index (κ2) is 12.6. The number of carbonyl (C=O) groups is 1. The summed E-state index contributed by atoms with van der Waals surface area (Å²) in [5.74, 6) is -2.55. The lowest BCUT2D eigenvalue weighted by Crippen LogP contribution is -2.62. The number of piperazine rings is 1. The smallest absolute Gasteiger partial charge is 0.346 e. The molecule has 1 aliphatic carbocycles. The van der Waals surface area contributed by atoms with Gasteiger partial charge < -0.3 is 15.3 Å². The van der Waals surface area contributed by atoms with E-state index in [1.54, 1.807) is 30.5 Å². The Labute approximate surface area is 285 Å². The topological polar surface area (TPSA) is 98.9 Å². The van der Waals surface area contributed by atoms with Crippen molar-refractivity contribution in [1.29, 1.82) is 0 Å². The molecule has 10 nitrogen and oxygen atoms in total. The Balaban J connectivity index is 1.20. The first-order chi connectivity index (χ1) is 23.1. The number of halogens is 3. The van der Waals surface area contributed by atoms with Gasteiger partial charge in [0, 0.05) is 62.6 Å². The van der Waals surface area contributed by atoms with Crippen molar-refractivity contribution < 1.29 is 23.1 Å². The van der Waals surface area contributed by atoms with E-state index in [1.165, 1.54) is 16.8 Å². The van der Waals surface area contributed by atoms with Crippen LogP contribution in [0.2, 0.25) is 0 Å². The molecule has 0 radical (unpaired) electrons. The number of hydrogen-bond donors (Lipinski definition) is 2. The highest BCUT2D eigenvalue weighted by molar-refractivity contribution is 5.80. The minimum absolute atomic E-state index is 0.0207. The third-order valence-electron chi connectivity index (χ3n) is 11.6. The molecule has 3 saturated heterocycles. The maximum Gasteiger partial charge on any atom is 0.346 e. The van der Waals surface area contributed by atoms with E-state index < -0.39 is 11.5 Å². The second-order valence-electron chi connectivity index (χ2n) is 16.2. The van der Waals surface area contributed by atoms with Gasteiger partial charge in [-0.25, -0.2) is 22.6 Å². The molecule has 2 aromatic rings. The molecule has 2 unspecified atom stereocenters. The number of benzene rings is 1. The predicted molar refractivity (Wildman–Crippen MR) is 180 cm³/mol. The molecule has 13 heteroatoms. The normalized spacial score (nSPS) is 29.8. The van der Waals surface area contributed by atoms with Gasteiger partial charge >= 0.3 is 5.69 Å². The second-order valence-corrected chi connectivity index (χ2v) is 16.2. The summed E-state index contributed by atoms with van der Waals surface area (Å²) in [4.78, 5) is 34.6. The Bertz CT molecular complexity index is 1640. The number of aromatic nitrogens is 3. The van der Waals surface area contributed by atoms with E-state index in [0.717, 1.165) is 30.4 Å². The fraction of sp³-hybridized carbons (Fsp3) is 0.694. The van der Waals surface area contributed by atoms with Crippen LogP contribution in [-0.2, 0) is 17.8 Å². The quantitative estimate of drug-likeness (QED) is 0.441. The van der Waals surface area contributed by atoms with E-state index in [4.69, 9.17) is 5.10 Å². The zero-order valence-corrected chi connectivity index (χ0v) is 29.0. The number of nitrogens with zero attached hydrogens (tertiary/aromatic N) is 6. The fourth-order valence-electron chi connectivity index (χ4n) is 8.94. The van der Waals surface area contributed by atoms with E-state index in [-0.39, 0.29) is 79.1 Å². The van der Waals surface area contributed by atoms with E-state index in [2.05, 4.69) is 23.2 Å². The first-order valence-electron chi connectivity index (χ1n) is 17.9. The SMILES string of the molecule is C[C@@H]1CN(CC(=O)N2CC3(CCC3)C3C2C=C(Cc2ccc(F)cc2)c2nn(CC(C)(C)O)c(=O)n23)[C@@H](CN2CC(F)(F)CC[C@H]2C)CN1. The summed E-state index contributed by atoms with van der Waals surface area (Å²) in [6.45, 7) is 9.49. The molecule has 5 aliphatic rings. The summed E-state index contributed by atoms with van der Waals surface area (Å²) in [6.07, 6.45) is 5.62. The first-order valence-corrected chi connectivity index (χ1v) is 17.9. The lowest BCUT2D eigenvalue weighted by Gasteiger charge is -2.45. The number of aliphatic hydroxyl groups is 1. The highest BCUT2D eigenvalue weighted by Gasteiger charge is 2.59. The molecule has 5 heterocycles. The highest BCUT2D eigenvalue weighted by Crippen LogP contribution is 2.58. The summed E-state index contributed by atoms with van der Waals surface area (Å²) in [5, 5.41) is 18.9. The zero-order valence-electron chi connectivity index (χ0n) is 29.0. The van der Waals surface area contributed by atoms with Crippen LogP contribution in [0.1, 0.15) is 77.2 Å². The van der Waals surface area contributed by atoms with Crippen molar-refractivity contribution in [2.24, 2.45) is 5.41 Å². The summed E-state index contributed by atoms with van der Waals surface area (Å²) in [6, 6.07) is 5.67. The van der Waals surface area contributed by atoms with Gasteiger partial charge in [-0.15, -0.1) is 5.10 Å². The number of alkyl halides is 2. The van der Waals surface area contributed by atoms with Gasteiger partial charge in [-0.1, -0.05) is 24.6 Å². The number of nitrogens with one attached hydrogen (secondary N) is 1. The van der Waals surface area contributed by atoms with Crippen molar-refractivity contribution in [2.45, 2.75) is 114 Å². The average Bonchev–Trinajstić information content (AvgIpc) is 3.51. The fourth-order valence-corrected chi connectivity index (χ4v) is 8.94. The van der Waals surface area contributed by atoms with Crippen LogP contribution in [0.4, 0.5) is 13.2 Å². The Hall–Kier alpha value is -3.00. The van der Waals surface area contributed by atoms with Crippen LogP contribution < -0.4 is 11.0 Å². The van der Waals surface area contributed by atoms with Gasteiger partial charge in [0.25, 0.3) is 5.92 Å². The number of amides is 1. The number of piperidine rings is 1. The van der Waals surface area contributed by atoms with Gasteiger partial charge in [-0.05, 0) is 70.2 Å². The first kappa shape index (κ1) is 34.4. The number of hydrogen-bond acceptors (Lipinski definition) is 7. The van der Waals surface area contributed by atoms with Crippen molar-refractivity contribution in [2.75, 3.05) is 39.3 Å². The van der Waals surface area contributed by atoms with Gasteiger partial charge in [0.05, 0.1) is 37.3 Å². The molecule has 268 valence electrons. The number of likely N-dealkylation sites (tertiary alicyclic amines) is 2. The Morgan fingerprint density at radius 1 is 1.10 bits per heavy atom. The molecule has 4 fully saturated rings. The summed E-state index contributed by atoms with van der Waals surface area (Å²) in [7, 11) is 0. The molecule has 1 aromatic carbocycles. The lowest BCUT2D eigenvalue weighted by atomic mass is 9.64. The number of fused-ring (bicyclic) bond motifs is 4. The van der Waals surface area contributed by atoms with Crippen molar-refractivity contribution in [3.63, 3.8) is 0 Å². The minimum Gasteiger partial charge on any atom is -0.389 e. The van der Waals surface area contributed by atoms with Gasteiger partial charge in [0.15, 0.2) is 5.82 Å². The average molecular weight is 686 g/mol. The van der Waals surface area contributed by atoms with Crippen molar-refractivity contribution in [1.82, 2.24) is 34.4 Å². The molecular weight excluding hydrogens is 635 g/mol. The number of allylic oxidation sites excluding steroid dienone is 1. The minimum atomic E-state index is -2.71. The maximum absolute atomic E-state index is 14.5. The summed E-state index contributed by atoms with van der Waals surface area (Å²) >= 11 is 0. The molecule has 1 spiro atoms. The molecule has 7 rings (SSSR count). The van der Waals surface area contributed by atoms with Crippen LogP contribution in [0.5, 0.6) is 0 Å². The van der Waals surface area contributed by atoms with Crippen LogP contribution in [0.25, 0.3) is 5.57 Å². The molecular formula is C36H50F3N7O3. The number of rotatable bonds is 8. The van der Waals surface area contributed by atoms with Gasteiger partial charge in [0.2, 0.25) is 5.91 Å². The largest absolute Gasteiger partial charge is 0.389 e. The third kappa shape index (κ3) is 6.75. The maximum atomic E-state index is 14.5. The Kier molecular flexibility index (Phi) is 8.89. The van der Waals surface area contributed by atoms with E-state index in [0.29, 0.717) is 44.8 Å². The van der Waals surface area contributed by atoms with Crippen LogP contribution in [0, 0.1) is 11.2 Å². The van der Waals surface area contributed by atoms with Gasteiger partial charge in [-0.2, -0.15) is 0 Å². The Morgan fingerprint density at radius 3 is 2.51 bits per heavy atom. The van der Waals surface area contributed by atoms with E-state index in [9.17, 15) is 27.9 Å². The van der Waals surface area contributed by atoms with Crippen molar-refractivity contribution in [3.05, 3.63) is 58.0 Å². The summed E-state index contributed by atoms with van der Waals surface area (Å²) < 4.78 is 45.8. The molecule has 5 atom stereocenters. The Morgan fingerprint density at radius 2 is 1.84 bits per heavy atom. The van der Waals surface area contributed by atoms with Crippen LogP contribution in [-0.4, -0.2) is 115 Å². The van der Waals surface area contributed by atoms with E-state index >= 15 is 0 Å². The van der Waals surface area contributed by atoms with Crippen LogP contribution in [0.15, 0.2) is 35.1 Å². The monoisotopic (exact) mass is 685 g/mol.